The Morgan fingerprint density at radius 2 is 1.91 bits per heavy atom. The Kier molecular flexibility index (Phi) is 6.36. The van der Waals surface area contributed by atoms with Crippen molar-refractivity contribution in [3.05, 3.63) is 52.8 Å². The number of hydrogen-bond donors (Lipinski definition) is 2. The number of rotatable bonds is 7. The summed E-state index contributed by atoms with van der Waals surface area (Å²) in [6, 6.07) is 8.10. The normalized spacial score (nSPS) is 18.3. The number of aryl methyl sites for hydroxylation is 1. The van der Waals surface area contributed by atoms with Crippen molar-refractivity contribution in [2.24, 2.45) is 5.92 Å². The summed E-state index contributed by atoms with van der Waals surface area (Å²) in [4.78, 5) is 26.9. The van der Waals surface area contributed by atoms with Crippen molar-refractivity contribution in [3.63, 3.8) is 0 Å². The van der Waals surface area contributed by atoms with Crippen LogP contribution >= 0.6 is 11.3 Å². The second-order valence-electron chi connectivity index (χ2n) is 9.56. The lowest BCUT2D eigenvalue weighted by atomic mass is 9.89. The molecule has 2 saturated carbocycles. The highest BCUT2D eigenvalue weighted by Gasteiger charge is 2.35. The Morgan fingerprint density at radius 1 is 1.12 bits per heavy atom. The number of anilines is 2. The highest BCUT2D eigenvalue weighted by Crippen LogP contribution is 2.40. The first-order chi connectivity index (χ1) is 16.4. The van der Waals surface area contributed by atoms with E-state index in [1.54, 1.807) is 6.20 Å². The van der Waals surface area contributed by atoms with E-state index in [0.29, 0.717) is 16.7 Å². The fraction of sp³-hybridized carbons (Fsp3) is 0.462. The van der Waals surface area contributed by atoms with Gasteiger partial charge in [-0.2, -0.15) is 0 Å². The van der Waals surface area contributed by atoms with Crippen molar-refractivity contribution < 1.29 is 14.6 Å². The quantitative estimate of drug-likeness (QED) is 0.326. The Bertz CT molecular complexity index is 1180. The molecule has 0 bridgehead atoms. The van der Waals surface area contributed by atoms with E-state index in [2.05, 4.69) is 27.4 Å². The first-order valence-electron chi connectivity index (χ1n) is 12.0. The van der Waals surface area contributed by atoms with Gasteiger partial charge in [0.2, 0.25) is 0 Å². The zero-order valence-electron chi connectivity index (χ0n) is 19.6. The van der Waals surface area contributed by atoms with Gasteiger partial charge in [0, 0.05) is 19.3 Å². The van der Waals surface area contributed by atoms with Gasteiger partial charge in [0.05, 0.1) is 16.5 Å². The molecule has 34 heavy (non-hydrogen) atoms. The van der Waals surface area contributed by atoms with Gasteiger partial charge < -0.3 is 15.2 Å². The minimum Gasteiger partial charge on any atom is -0.426 e. The molecule has 2 N–H and O–H groups in total. The monoisotopic (exact) mass is 478 g/mol. The largest absolute Gasteiger partial charge is 0.426 e. The fourth-order valence-corrected chi connectivity index (χ4v) is 5.30. The molecule has 1 unspecified atom stereocenters. The Morgan fingerprint density at radius 3 is 2.68 bits per heavy atom. The molecule has 7 nitrogen and oxygen atoms in total. The summed E-state index contributed by atoms with van der Waals surface area (Å²) in [7, 11) is 0. The molecule has 0 radical (unpaired) electrons. The highest BCUT2D eigenvalue weighted by atomic mass is 32.1. The zero-order valence-corrected chi connectivity index (χ0v) is 20.4. The molecule has 0 spiro atoms. The topological polar surface area (TPSA) is 97.2 Å². The number of thiazole rings is 1. The summed E-state index contributed by atoms with van der Waals surface area (Å²) in [5.41, 5.74) is 3.08. The smallest absolute Gasteiger partial charge is 0.311 e. The van der Waals surface area contributed by atoms with Gasteiger partial charge in [-0.15, -0.1) is 11.3 Å². The number of hydrogen-bond acceptors (Lipinski definition) is 8. The highest BCUT2D eigenvalue weighted by molar-refractivity contribution is 7.15. The lowest BCUT2D eigenvalue weighted by Crippen LogP contribution is -2.32. The second kappa shape index (κ2) is 9.43. The van der Waals surface area contributed by atoms with Gasteiger partial charge in [0.1, 0.15) is 11.6 Å². The van der Waals surface area contributed by atoms with E-state index in [4.69, 9.17) is 9.72 Å². The van der Waals surface area contributed by atoms with E-state index in [0.717, 1.165) is 54.1 Å². The summed E-state index contributed by atoms with van der Waals surface area (Å²) in [6.07, 6.45) is 10.8. The molecule has 0 aromatic carbocycles. The number of nitrogens with one attached hydrogen (secondary N) is 1. The molecule has 1 atom stereocenters. The van der Waals surface area contributed by atoms with Crippen LogP contribution in [0.4, 0.5) is 11.6 Å². The molecule has 8 heteroatoms. The third-order valence-electron chi connectivity index (χ3n) is 6.45. The maximum Gasteiger partial charge on any atom is 0.311 e. The third kappa shape index (κ3) is 5.28. The zero-order chi connectivity index (χ0) is 23.7. The number of carbonyl (C=O) groups is 1. The van der Waals surface area contributed by atoms with E-state index in [-0.39, 0.29) is 11.9 Å². The van der Waals surface area contributed by atoms with Crippen molar-refractivity contribution >= 4 is 28.9 Å². The number of pyridine rings is 2. The molecule has 2 fully saturated rings. The minimum absolute atomic E-state index is 0.140. The van der Waals surface area contributed by atoms with Gasteiger partial charge in [-0.1, -0.05) is 19.3 Å². The van der Waals surface area contributed by atoms with Gasteiger partial charge in [-0.25, -0.2) is 15.0 Å². The van der Waals surface area contributed by atoms with E-state index in [1.807, 2.05) is 25.3 Å². The predicted molar refractivity (Wildman–Crippen MR) is 132 cm³/mol. The molecule has 0 aliphatic heterocycles. The molecule has 0 saturated heterocycles. The van der Waals surface area contributed by atoms with E-state index in [9.17, 15) is 9.90 Å². The molecule has 3 aromatic rings. The van der Waals surface area contributed by atoms with Crippen LogP contribution in [0.5, 0.6) is 0 Å². The molecular weight excluding hydrogens is 448 g/mol. The van der Waals surface area contributed by atoms with Gasteiger partial charge in [-0.3, -0.25) is 4.79 Å². The summed E-state index contributed by atoms with van der Waals surface area (Å²) in [5, 5.41) is 14.5. The van der Waals surface area contributed by atoms with Gasteiger partial charge in [0.15, 0.2) is 5.01 Å². The lowest BCUT2D eigenvalue weighted by Gasteiger charge is -2.26. The Labute approximate surface area is 203 Å². The number of nitrogens with zero attached hydrogens (tertiary/aromatic N) is 3. The lowest BCUT2D eigenvalue weighted by molar-refractivity contribution is -0.212. The average Bonchev–Trinajstić information content (AvgIpc) is 3.54. The van der Waals surface area contributed by atoms with E-state index < -0.39 is 5.79 Å². The van der Waals surface area contributed by atoms with Crippen molar-refractivity contribution in [2.75, 3.05) is 5.32 Å². The van der Waals surface area contributed by atoms with Crippen LogP contribution in [0, 0.1) is 12.8 Å². The van der Waals surface area contributed by atoms with Crippen LogP contribution in [0.25, 0.3) is 10.6 Å². The second-order valence-corrected chi connectivity index (χ2v) is 10.6. The first kappa shape index (κ1) is 22.9. The molecule has 178 valence electrons. The maximum absolute atomic E-state index is 12.6. The number of aromatic nitrogens is 3. The van der Waals surface area contributed by atoms with E-state index in [1.165, 1.54) is 36.7 Å². The van der Waals surface area contributed by atoms with Gasteiger partial charge >= 0.3 is 5.97 Å². The van der Waals surface area contributed by atoms with Crippen LogP contribution in [0.2, 0.25) is 0 Å². The maximum atomic E-state index is 12.6. The predicted octanol–water partition coefficient (Wildman–Crippen LogP) is 5.82. The van der Waals surface area contributed by atoms with Crippen LogP contribution in [0.15, 0.2) is 36.7 Å². The summed E-state index contributed by atoms with van der Waals surface area (Å²) < 4.78 is 5.50. The standard InChI is InChI=1S/C26H30N4O3S/c1-16-12-20(29-23(13-16)30-22-14-19(10-11-27-22)17-8-9-17)21-15-28-25(34-21)26(2,32)33-24(31)18-6-4-3-5-7-18/h10-15,17-18,32H,3-9H2,1-2H3,(H,27,29,30). The summed E-state index contributed by atoms with van der Waals surface area (Å²) in [5.74, 6) is -0.131. The van der Waals surface area contributed by atoms with Gasteiger partial charge in [-0.05, 0) is 73.9 Å². The SMILES string of the molecule is Cc1cc(Nc2cc(C3CC3)ccn2)nc(-c2cnc(C(C)(O)OC(=O)C3CCCCC3)s2)c1. The van der Waals surface area contributed by atoms with Crippen molar-refractivity contribution in [3.8, 4) is 10.6 Å². The molecule has 0 amide bonds. The van der Waals surface area contributed by atoms with E-state index >= 15 is 0 Å². The Hall–Kier alpha value is -2.84. The van der Waals surface area contributed by atoms with Crippen LogP contribution < -0.4 is 5.32 Å². The fourth-order valence-electron chi connectivity index (χ4n) is 4.44. The molecule has 3 heterocycles. The minimum atomic E-state index is -1.77. The van der Waals surface area contributed by atoms with Crippen molar-refractivity contribution in [1.82, 2.24) is 15.0 Å². The van der Waals surface area contributed by atoms with Crippen molar-refractivity contribution in [2.45, 2.75) is 70.5 Å². The third-order valence-corrected chi connectivity index (χ3v) is 7.66. The molecule has 3 aromatic heterocycles. The summed E-state index contributed by atoms with van der Waals surface area (Å²) in [6.45, 7) is 3.49. The first-order valence-corrected chi connectivity index (χ1v) is 12.8. The Balaban J connectivity index is 1.32. The number of carbonyl (C=O) groups excluding carboxylic acids is 1. The van der Waals surface area contributed by atoms with Gasteiger partial charge in [0.25, 0.3) is 5.79 Å². The molecule has 5 rings (SSSR count). The average molecular weight is 479 g/mol. The van der Waals surface area contributed by atoms with Crippen LogP contribution in [-0.4, -0.2) is 26.0 Å². The van der Waals surface area contributed by atoms with Crippen LogP contribution in [0.3, 0.4) is 0 Å². The van der Waals surface area contributed by atoms with Crippen molar-refractivity contribution in [1.29, 1.82) is 0 Å². The van der Waals surface area contributed by atoms with Crippen LogP contribution in [0.1, 0.15) is 73.9 Å². The molecular formula is C26H30N4O3S. The van der Waals surface area contributed by atoms with Crippen LogP contribution in [-0.2, 0) is 15.3 Å². The molecule has 2 aliphatic carbocycles. The number of ether oxygens (including phenoxy) is 1. The molecule has 2 aliphatic rings. The number of esters is 1. The number of aliphatic hydroxyl groups is 1. The summed E-state index contributed by atoms with van der Waals surface area (Å²) >= 11 is 1.28.